The van der Waals surface area contributed by atoms with Gasteiger partial charge in [-0.05, 0) is 45.1 Å². The van der Waals surface area contributed by atoms with Crippen LogP contribution in [-0.2, 0) is 11.4 Å². The Morgan fingerprint density at radius 2 is 2.16 bits per heavy atom. The van der Waals surface area contributed by atoms with Crippen LogP contribution in [-0.4, -0.2) is 24.8 Å². The van der Waals surface area contributed by atoms with Crippen molar-refractivity contribution in [2.75, 3.05) is 0 Å². The second-order valence-corrected chi connectivity index (χ2v) is 8.84. The molecule has 1 aliphatic carbocycles. The summed E-state index contributed by atoms with van der Waals surface area (Å²) in [6.07, 6.45) is 5.21. The van der Waals surface area contributed by atoms with Crippen molar-refractivity contribution in [3.8, 4) is 0 Å². The molecule has 1 saturated carbocycles. The van der Waals surface area contributed by atoms with E-state index < -0.39 is 11.4 Å². The highest BCUT2D eigenvalue weighted by atomic mass is 32.2. The van der Waals surface area contributed by atoms with Crippen LogP contribution in [0, 0.1) is 5.41 Å². The molecule has 0 radical (unpaired) electrons. The number of hydrogen-bond donors (Lipinski definition) is 0. The molecule has 2 atom stereocenters. The predicted molar refractivity (Wildman–Crippen MR) is 77.7 cm³/mol. The van der Waals surface area contributed by atoms with Crippen molar-refractivity contribution < 1.29 is 4.55 Å². The maximum Gasteiger partial charge on any atom is 0.144 e. The first-order valence-corrected chi connectivity index (χ1v) is 7.95. The van der Waals surface area contributed by atoms with Crippen LogP contribution in [0.4, 0.5) is 0 Å². The monoisotopic (exact) mass is 279 g/mol. The van der Waals surface area contributed by atoms with Gasteiger partial charge < -0.3 is 4.55 Å². The molecular weight excluding hydrogens is 258 g/mol. The number of rotatable bonds is 2. The Kier molecular flexibility index (Phi) is 2.84. The van der Waals surface area contributed by atoms with Gasteiger partial charge in [0.05, 0.1) is 11.7 Å². The molecule has 0 bridgehead atoms. The first-order valence-electron chi connectivity index (χ1n) is 6.85. The van der Waals surface area contributed by atoms with Crippen molar-refractivity contribution in [1.82, 2.24) is 9.78 Å². The summed E-state index contributed by atoms with van der Waals surface area (Å²) in [5.41, 5.74) is 2.38. The fraction of sp³-hybridized carbons (Fsp3) is 0.714. The molecular formula is C14H21N3OS. The molecule has 1 aliphatic heterocycles. The fourth-order valence-electron chi connectivity index (χ4n) is 2.56. The summed E-state index contributed by atoms with van der Waals surface area (Å²) in [6, 6.07) is 2.39. The van der Waals surface area contributed by atoms with E-state index in [9.17, 15) is 4.55 Å². The summed E-state index contributed by atoms with van der Waals surface area (Å²) < 4.78 is 18.5. The van der Waals surface area contributed by atoms with Crippen molar-refractivity contribution in [3.05, 3.63) is 18.0 Å². The Labute approximate surface area is 117 Å². The summed E-state index contributed by atoms with van der Waals surface area (Å²) in [5, 5.41) is 4.44. The molecule has 0 N–H and O–H groups in total. The molecule has 0 aromatic carbocycles. The van der Waals surface area contributed by atoms with Crippen LogP contribution >= 0.6 is 0 Å². The predicted octanol–water partition coefficient (Wildman–Crippen LogP) is 2.88. The Hall–Kier alpha value is -0.810. The van der Waals surface area contributed by atoms with E-state index in [1.807, 2.05) is 33.0 Å². The van der Waals surface area contributed by atoms with Gasteiger partial charge in [-0.2, -0.15) is 5.10 Å². The largest absolute Gasteiger partial charge is 0.591 e. The standard InChI is InChI=1S/C14H21N3OS/c1-13(2,3)19(18)16-10-9-12(14(4)6-7-14)17-11(10)5-8-15-17/h5,8,12H,6-7,9H2,1-4H3/b16-10-/t12?,19-/m0/s1. The van der Waals surface area contributed by atoms with E-state index in [0.717, 1.165) is 17.8 Å². The second-order valence-electron chi connectivity index (χ2n) is 6.93. The summed E-state index contributed by atoms with van der Waals surface area (Å²) in [6.45, 7) is 8.18. The Morgan fingerprint density at radius 1 is 1.47 bits per heavy atom. The van der Waals surface area contributed by atoms with E-state index in [1.54, 1.807) is 0 Å². The van der Waals surface area contributed by atoms with Crippen LogP contribution < -0.4 is 0 Å². The van der Waals surface area contributed by atoms with Crippen molar-refractivity contribution in [2.45, 2.75) is 57.7 Å². The fourth-order valence-corrected chi connectivity index (χ4v) is 3.20. The summed E-state index contributed by atoms with van der Waals surface area (Å²) in [4.78, 5) is 0. The van der Waals surface area contributed by atoms with Crippen molar-refractivity contribution in [3.63, 3.8) is 0 Å². The van der Waals surface area contributed by atoms with Gasteiger partial charge in [-0.3, -0.25) is 4.68 Å². The van der Waals surface area contributed by atoms with Gasteiger partial charge in [-0.1, -0.05) is 11.3 Å². The molecule has 2 heterocycles. The summed E-state index contributed by atoms with van der Waals surface area (Å²) in [7, 11) is 0. The normalized spacial score (nSPS) is 28.5. The molecule has 19 heavy (non-hydrogen) atoms. The van der Waals surface area contributed by atoms with Gasteiger partial charge in [0, 0.05) is 12.6 Å². The van der Waals surface area contributed by atoms with Gasteiger partial charge in [0.1, 0.15) is 21.8 Å². The zero-order valence-corrected chi connectivity index (χ0v) is 12.8. The Balaban J connectivity index is 1.92. The maximum atomic E-state index is 12.2. The second kappa shape index (κ2) is 4.09. The lowest BCUT2D eigenvalue weighted by Crippen LogP contribution is -2.26. The topological polar surface area (TPSA) is 53.2 Å². The molecule has 0 saturated heterocycles. The summed E-state index contributed by atoms with van der Waals surface area (Å²) >= 11 is -1.19. The first-order chi connectivity index (χ1) is 8.81. The molecule has 1 fully saturated rings. The van der Waals surface area contributed by atoms with Crippen LogP contribution in [0.5, 0.6) is 0 Å². The molecule has 104 valence electrons. The first kappa shape index (κ1) is 13.2. The van der Waals surface area contributed by atoms with E-state index in [0.29, 0.717) is 11.5 Å². The van der Waals surface area contributed by atoms with Gasteiger partial charge in [0.25, 0.3) is 0 Å². The minimum atomic E-state index is -1.19. The molecule has 1 aromatic heterocycles. The Morgan fingerprint density at radius 3 is 2.74 bits per heavy atom. The highest BCUT2D eigenvalue weighted by Gasteiger charge is 2.50. The minimum absolute atomic E-state index is 0.306. The van der Waals surface area contributed by atoms with Gasteiger partial charge in [-0.15, -0.1) is 0 Å². The average Bonchev–Trinajstić information content (AvgIpc) is 2.76. The third-order valence-electron chi connectivity index (χ3n) is 4.21. The molecule has 4 nitrogen and oxygen atoms in total. The van der Waals surface area contributed by atoms with Crippen molar-refractivity contribution in [1.29, 1.82) is 0 Å². The molecule has 1 aromatic rings. The molecule has 3 rings (SSSR count). The van der Waals surface area contributed by atoms with Crippen LogP contribution in [0.15, 0.2) is 16.7 Å². The van der Waals surface area contributed by atoms with Gasteiger partial charge >= 0.3 is 0 Å². The maximum absolute atomic E-state index is 12.2. The smallest absolute Gasteiger partial charge is 0.144 e. The third-order valence-corrected chi connectivity index (χ3v) is 5.64. The zero-order chi connectivity index (χ0) is 13.8. The van der Waals surface area contributed by atoms with Crippen LogP contribution in [0.1, 0.15) is 58.7 Å². The number of nitrogens with zero attached hydrogens (tertiary/aromatic N) is 3. The third kappa shape index (κ3) is 2.23. The SMILES string of the molecule is CC1(C2C/C(=N/[S@@+]([O-])C(C)(C)C)c3ccnn32)CC1. The molecule has 0 spiro atoms. The van der Waals surface area contributed by atoms with Crippen LogP contribution in [0.2, 0.25) is 0 Å². The zero-order valence-electron chi connectivity index (χ0n) is 12.0. The number of fused-ring (bicyclic) bond motifs is 1. The van der Waals surface area contributed by atoms with Crippen molar-refractivity contribution >= 4 is 17.1 Å². The van der Waals surface area contributed by atoms with Gasteiger partial charge in [0.2, 0.25) is 0 Å². The van der Waals surface area contributed by atoms with E-state index in [-0.39, 0.29) is 4.75 Å². The van der Waals surface area contributed by atoms with Crippen molar-refractivity contribution in [2.24, 2.45) is 9.81 Å². The van der Waals surface area contributed by atoms with E-state index in [2.05, 4.69) is 21.1 Å². The number of aromatic nitrogens is 2. The minimum Gasteiger partial charge on any atom is -0.591 e. The van der Waals surface area contributed by atoms with Gasteiger partial charge in [0.15, 0.2) is 0 Å². The highest BCUT2D eigenvalue weighted by Crippen LogP contribution is 2.57. The highest BCUT2D eigenvalue weighted by molar-refractivity contribution is 7.91. The number of hydrogen-bond acceptors (Lipinski definition) is 3. The molecule has 1 unspecified atom stereocenters. The van der Waals surface area contributed by atoms with Crippen LogP contribution in [0.25, 0.3) is 0 Å². The lowest BCUT2D eigenvalue weighted by atomic mass is 9.97. The average molecular weight is 279 g/mol. The van der Waals surface area contributed by atoms with E-state index >= 15 is 0 Å². The van der Waals surface area contributed by atoms with Crippen LogP contribution in [0.3, 0.4) is 0 Å². The molecule has 0 amide bonds. The lowest BCUT2D eigenvalue weighted by Gasteiger charge is -2.19. The summed E-state index contributed by atoms with van der Waals surface area (Å²) in [5.74, 6) is 0. The van der Waals surface area contributed by atoms with E-state index in [1.165, 1.54) is 12.8 Å². The molecule has 2 aliphatic rings. The quantitative estimate of drug-likeness (QED) is 0.782. The van der Waals surface area contributed by atoms with E-state index in [4.69, 9.17) is 0 Å². The van der Waals surface area contributed by atoms with Gasteiger partial charge in [-0.25, -0.2) is 0 Å². The molecule has 5 heteroatoms. The lowest BCUT2D eigenvalue weighted by molar-refractivity contribution is 0.328. The Bertz CT molecular complexity index is 525.